The lowest BCUT2D eigenvalue weighted by Crippen LogP contribution is -2.50. The highest BCUT2D eigenvalue weighted by atomic mass is 19.1. The molecule has 9 nitrogen and oxygen atoms in total. The number of rotatable bonds is 10. The van der Waals surface area contributed by atoms with E-state index in [-0.39, 0.29) is 18.6 Å². The Morgan fingerprint density at radius 1 is 1.11 bits per heavy atom. The SMILES string of the molecule is CCCC(N)[C@@H](F)[C@H](CC)N(c1ncc(-c2ccc(-c3cnc4c(c3)OCO4)cc2O)nn1)C1CC1. The molecule has 10 heteroatoms. The van der Waals surface area contributed by atoms with Crippen LogP contribution < -0.4 is 20.1 Å². The fraction of sp³-hybridized carbons (Fsp3) is 0.462. The summed E-state index contributed by atoms with van der Waals surface area (Å²) in [6.45, 7) is 4.11. The third-order valence-corrected chi connectivity index (χ3v) is 6.73. The number of alkyl halides is 1. The summed E-state index contributed by atoms with van der Waals surface area (Å²) in [5, 5.41) is 19.4. The van der Waals surface area contributed by atoms with E-state index >= 15 is 4.39 Å². The van der Waals surface area contributed by atoms with Crippen LogP contribution in [0.3, 0.4) is 0 Å². The molecular formula is C26H31FN6O3. The molecule has 1 unspecified atom stereocenters. The standard InChI is InChI=1S/C26H31FN6O3/c1-3-5-19(28)24(27)21(4-2)33(17-7-8-17)26-30-13-20(31-32-26)18-9-6-15(10-22(18)34)16-11-23-25(29-12-16)36-14-35-23/h6,9-13,17,19,21,24,34H,3-5,7-8,14,28H2,1-2H3/t19?,21-,24+/m0/s1. The zero-order valence-corrected chi connectivity index (χ0v) is 20.5. The lowest BCUT2D eigenvalue weighted by atomic mass is 9.98. The monoisotopic (exact) mass is 494 g/mol. The van der Waals surface area contributed by atoms with Gasteiger partial charge in [0.1, 0.15) is 17.6 Å². The number of nitrogens with two attached hydrogens (primary N) is 1. The third kappa shape index (κ3) is 4.77. The molecule has 0 spiro atoms. The molecule has 2 aromatic heterocycles. The highest BCUT2D eigenvalue weighted by Gasteiger charge is 2.40. The second-order valence-electron chi connectivity index (χ2n) is 9.32. The van der Waals surface area contributed by atoms with Crippen molar-refractivity contribution in [1.82, 2.24) is 20.2 Å². The minimum absolute atomic E-state index is 0.0360. The van der Waals surface area contributed by atoms with Gasteiger partial charge < -0.3 is 25.2 Å². The van der Waals surface area contributed by atoms with E-state index in [0.29, 0.717) is 41.7 Å². The first-order valence-electron chi connectivity index (χ1n) is 12.5. The van der Waals surface area contributed by atoms with Crippen molar-refractivity contribution in [2.45, 2.75) is 70.2 Å². The van der Waals surface area contributed by atoms with Gasteiger partial charge in [0.2, 0.25) is 12.7 Å². The lowest BCUT2D eigenvalue weighted by molar-refractivity contribution is 0.171. The van der Waals surface area contributed by atoms with Crippen LogP contribution in [0.15, 0.2) is 36.7 Å². The van der Waals surface area contributed by atoms with Crippen LogP contribution in [0.4, 0.5) is 10.3 Å². The van der Waals surface area contributed by atoms with Gasteiger partial charge in [-0.15, -0.1) is 10.2 Å². The molecule has 0 radical (unpaired) electrons. The molecule has 36 heavy (non-hydrogen) atoms. The normalized spacial score (nSPS) is 17.0. The first-order chi connectivity index (χ1) is 17.5. The van der Waals surface area contributed by atoms with Crippen molar-refractivity contribution in [2.75, 3.05) is 11.7 Å². The molecule has 1 aliphatic heterocycles. The average molecular weight is 495 g/mol. The first-order valence-corrected chi connectivity index (χ1v) is 12.5. The van der Waals surface area contributed by atoms with Gasteiger partial charge in [0.05, 0.1) is 12.2 Å². The van der Waals surface area contributed by atoms with Crippen LogP contribution in [0.2, 0.25) is 0 Å². The predicted molar refractivity (Wildman–Crippen MR) is 134 cm³/mol. The number of aromatic hydroxyl groups is 1. The van der Waals surface area contributed by atoms with E-state index in [9.17, 15) is 5.11 Å². The minimum atomic E-state index is -1.18. The second-order valence-corrected chi connectivity index (χ2v) is 9.32. The molecule has 0 bridgehead atoms. The number of hydrogen-bond donors (Lipinski definition) is 2. The van der Waals surface area contributed by atoms with Gasteiger partial charge in [0, 0.05) is 29.4 Å². The van der Waals surface area contributed by atoms with E-state index < -0.39 is 18.3 Å². The van der Waals surface area contributed by atoms with E-state index in [2.05, 4.69) is 20.2 Å². The number of anilines is 1. The first kappa shape index (κ1) is 24.2. The summed E-state index contributed by atoms with van der Waals surface area (Å²) in [5.41, 5.74) is 8.61. The molecule has 1 aromatic carbocycles. The van der Waals surface area contributed by atoms with Crippen LogP contribution >= 0.6 is 0 Å². The Labute approximate surface area is 209 Å². The Morgan fingerprint density at radius 2 is 1.94 bits per heavy atom. The van der Waals surface area contributed by atoms with E-state index in [1.54, 1.807) is 24.5 Å². The summed E-state index contributed by atoms with van der Waals surface area (Å²) in [4.78, 5) is 10.7. The largest absolute Gasteiger partial charge is 0.507 e. The van der Waals surface area contributed by atoms with Crippen molar-refractivity contribution in [3.63, 3.8) is 0 Å². The Balaban J connectivity index is 1.37. The second kappa shape index (κ2) is 10.2. The lowest BCUT2D eigenvalue weighted by Gasteiger charge is -2.35. The number of halogens is 1. The molecule has 1 saturated carbocycles. The van der Waals surface area contributed by atoms with Crippen molar-refractivity contribution in [3.8, 4) is 39.8 Å². The Hall–Kier alpha value is -3.53. The topological polar surface area (TPSA) is 120 Å². The van der Waals surface area contributed by atoms with Crippen LogP contribution in [-0.4, -0.2) is 56.4 Å². The third-order valence-electron chi connectivity index (χ3n) is 6.73. The van der Waals surface area contributed by atoms with Crippen molar-refractivity contribution in [3.05, 3.63) is 36.7 Å². The molecule has 0 saturated heterocycles. The molecule has 2 aliphatic rings. The van der Waals surface area contributed by atoms with Crippen molar-refractivity contribution < 1.29 is 19.0 Å². The molecule has 3 N–H and O–H groups in total. The van der Waals surface area contributed by atoms with Crippen LogP contribution in [-0.2, 0) is 0 Å². The quantitative estimate of drug-likeness (QED) is 0.426. The maximum atomic E-state index is 15.3. The van der Waals surface area contributed by atoms with Crippen LogP contribution in [0.1, 0.15) is 46.0 Å². The van der Waals surface area contributed by atoms with Crippen molar-refractivity contribution in [1.29, 1.82) is 0 Å². The minimum Gasteiger partial charge on any atom is -0.507 e. The van der Waals surface area contributed by atoms with Crippen molar-refractivity contribution >= 4 is 5.95 Å². The summed E-state index contributed by atoms with van der Waals surface area (Å²) >= 11 is 0. The summed E-state index contributed by atoms with van der Waals surface area (Å²) in [6.07, 6.45) is 6.05. The molecule has 0 amide bonds. The van der Waals surface area contributed by atoms with Crippen LogP contribution in [0.25, 0.3) is 22.4 Å². The zero-order valence-electron chi connectivity index (χ0n) is 20.5. The van der Waals surface area contributed by atoms with Gasteiger partial charge in [-0.1, -0.05) is 26.3 Å². The number of nitrogens with zero attached hydrogens (tertiary/aromatic N) is 5. The van der Waals surface area contributed by atoms with E-state index in [0.717, 1.165) is 30.4 Å². The Kier molecular flexibility index (Phi) is 6.86. The van der Waals surface area contributed by atoms with Gasteiger partial charge in [0.15, 0.2) is 5.75 Å². The highest BCUT2D eigenvalue weighted by molar-refractivity contribution is 5.74. The molecule has 5 rings (SSSR count). The maximum absolute atomic E-state index is 15.3. The summed E-state index contributed by atoms with van der Waals surface area (Å²) < 4.78 is 26.0. The highest BCUT2D eigenvalue weighted by Crippen LogP contribution is 2.38. The summed E-state index contributed by atoms with van der Waals surface area (Å²) in [7, 11) is 0. The van der Waals surface area contributed by atoms with E-state index in [1.165, 1.54) is 0 Å². The average Bonchev–Trinajstić information content (AvgIpc) is 3.62. The van der Waals surface area contributed by atoms with Crippen LogP contribution in [0, 0.1) is 0 Å². The number of phenolic OH excluding ortho intramolecular Hbond substituents is 1. The van der Waals surface area contributed by atoms with Gasteiger partial charge in [-0.3, -0.25) is 0 Å². The molecular weight excluding hydrogens is 463 g/mol. The molecule has 3 aromatic rings. The van der Waals surface area contributed by atoms with Gasteiger partial charge in [0.25, 0.3) is 5.88 Å². The Morgan fingerprint density at radius 3 is 2.61 bits per heavy atom. The molecule has 3 atom stereocenters. The number of pyridine rings is 1. The van der Waals surface area contributed by atoms with Gasteiger partial charge in [-0.05, 0) is 49.4 Å². The number of hydrogen-bond acceptors (Lipinski definition) is 9. The zero-order chi connectivity index (χ0) is 25.2. The number of benzene rings is 1. The molecule has 190 valence electrons. The van der Waals surface area contributed by atoms with E-state index in [4.69, 9.17) is 15.2 Å². The van der Waals surface area contributed by atoms with Crippen molar-refractivity contribution in [2.24, 2.45) is 5.73 Å². The number of ether oxygens (including phenoxy) is 2. The fourth-order valence-electron chi connectivity index (χ4n) is 4.68. The maximum Gasteiger partial charge on any atom is 0.260 e. The van der Waals surface area contributed by atoms with Gasteiger partial charge >= 0.3 is 0 Å². The smallest absolute Gasteiger partial charge is 0.260 e. The van der Waals surface area contributed by atoms with Gasteiger partial charge in [-0.25, -0.2) is 14.4 Å². The Bertz CT molecular complexity index is 1210. The molecule has 1 fully saturated rings. The fourth-order valence-corrected chi connectivity index (χ4v) is 4.68. The molecule has 3 heterocycles. The predicted octanol–water partition coefficient (Wildman–Crippen LogP) is 4.25. The summed E-state index contributed by atoms with van der Waals surface area (Å²) in [6, 6.07) is 6.33. The number of fused-ring (bicyclic) bond motifs is 1. The van der Waals surface area contributed by atoms with Crippen LogP contribution in [0.5, 0.6) is 17.4 Å². The summed E-state index contributed by atoms with van der Waals surface area (Å²) in [5.74, 6) is 1.45. The van der Waals surface area contributed by atoms with Gasteiger partial charge in [-0.2, -0.15) is 0 Å². The molecule has 1 aliphatic carbocycles. The number of aromatic nitrogens is 4. The number of phenols is 1. The van der Waals surface area contributed by atoms with E-state index in [1.807, 2.05) is 30.9 Å².